The van der Waals surface area contributed by atoms with Crippen LogP contribution in [0.2, 0.25) is 0 Å². The lowest BCUT2D eigenvalue weighted by Gasteiger charge is -2.38. The quantitative estimate of drug-likeness (QED) is 0.919. The molecule has 1 aromatic heterocycles. The van der Waals surface area contributed by atoms with Crippen LogP contribution >= 0.6 is 0 Å². The predicted octanol–water partition coefficient (Wildman–Crippen LogP) is 1.90. The number of hydrogen-bond donors (Lipinski definition) is 1. The van der Waals surface area contributed by atoms with E-state index in [2.05, 4.69) is 10.3 Å². The maximum absolute atomic E-state index is 13.4. The molecule has 0 aromatic carbocycles. The number of halogens is 1. The van der Waals surface area contributed by atoms with Crippen molar-refractivity contribution < 1.29 is 13.9 Å². The van der Waals surface area contributed by atoms with Gasteiger partial charge in [0.25, 0.3) is 5.91 Å². The number of nitrogens with zero attached hydrogens (tertiary/aromatic N) is 2. The molecule has 2 rings (SSSR count). The summed E-state index contributed by atoms with van der Waals surface area (Å²) in [5.41, 5.74) is 0.264. The van der Waals surface area contributed by atoms with Crippen LogP contribution in [0.1, 0.15) is 30.6 Å². The molecule has 1 aromatic rings. The van der Waals surface area contributed by atoms with Gasteiger partial charge >= 0.3 is 0 Å². The molecule has 1 amide bonds. The molecule has 2 atom stereocenters. The smallest absolute Gasteiger partial charge is 0.258 e. The summed E-state index contributed by atoms with van der Waals surface area (Å²) in [6.07, 6.45) is 1.89. The van der Waals surface area contributed by atoms with Crippen LogP contribution in [0.4, 0.5) is 10.2 Å². The SMILES string of the molecule is CCC1COC(C)CN1C(=O)c1cc(F)cnc1NC. The van der Waals surface area contributed by atoms with E-state index in [1.54, 1.807) is 11.9 Å². The lowest BCUT2D eigenvalue weighted by molar-refractivity contribution is -0.0443. The van der Waals surface area contributed by atoms with Crippen molar-refractivity contribution in [2.45, 2.75) is 32.4 Å². The third-order valence-corrected chi connectivity index (χ3v) is 3.52. The minimum Gasteiger partial charge on any atom is -0.375 e. The Morgan fingerprint density at radius 3 is 3.05 bits per heavy atom. The second-order valence-corrected chi connectivity index (χ2v) is 4.96. The van der Waals surface area contributed by atoms with Crippen molar-refractivity contribution in [2.24, 2.45) is 0 Å². The molecule has 1 fully saturated rings. The van der Waals surface area contributed by atoms with E-state index < -0.39 is 5.82 Å². The standard InChI is InChI=1S/C14H20FN3O2/c1-4-11-8-20-9(2)7-18(11)14(19)12-5-10(15)6-17-13(12)16-3/h5-6,9,11H,4,7-8H2,1-3H3,(H,16,17). The Balaban J connectivity index is 2.31. The van der Waals surface area contributed by atoms with Crippen LogP contribution in [-0.4, -0.2) is 48.1 Å². The van der Waals surface area contributed by atoms with Gasteiger partial charge in [0.2, 0.25) is 0 Å². The van der Waals surface area contributed by atoms with Crippen molar-refractivity contribution in [1.82, 2.24) is 9.88 Å². The second-order valence-electron chi connectivity index (χ2n) is 4.96. The highest BCUT2D eigenvalue weighted by molar-refractivity contribution is 5.99. The Labute approximate surface area is 118 Å². The molecule has 0 aliphatic carbocycles. The third kappa shape index (κ3) is 2.90. The van der Waals surface area contributed by atoms with Gasteiger partial charge < -0.3 is 15.0 Å². The zero-order chi connectivity index (χ0) is 14.7. The summed E-state index contributed by atoms with van der Waals surface area (Å²) in [7, 11) is 1.66. The Hall–Kier alpha value is -1.69. The van der Waals surface area contributed by atoms with Crippen LogP contribution < -0.4 is 5.32 Å². The monoisotopic (exact) mass is 281 g/mol. The highest BCUT2D eigenvalue weighted by atomic mass is 19.1. The van der Waals surface area contributed by atoms with E-state index in [1.165, 1.54) is 6.07 Å². The number of carbonyl (C=O) groups excluding carboxylic acids is 1. The van der Waals surface area contributed by atoms with Gasteiger partial charge in [0.15, 0.2) is 0 Å². The average Bonchev–Trinajstić information content (AvgIpc) is 2.46. The van der Waals surface area contributed by atoms with Gasteiger partial charge in [0, 0.05) is 13.6 Å². The molecule has 20 heavy (non-hydrogen) atoms. The highest BCUT2D eigenvalue weighted by Crippen LogP contribution is 2.21. The lowest BCUT2D eigenvalue weighted by Crippen LogP contribution is -2.51. The fourth-order valence-corrected chi connectivity index (χ4v) is 2.39. The Morgan fingerprint density at radius 1 is 1.65 bits per heavy atom. The Morgan fingerprint density at radius 2 is 2.40 bits per heavy atom. The topological polar surface area (TPSA) is 54.5 Å². The highest BCUT2D eigenvalue weighted by Gasteiger charge is 2.31. The van der Waals surface area contributed by atoms with Crippen molar-refractivity contribution in [3.8, 4) is 0 Å². The van der Waals surface area contributed by atoms with Gasteiger partial charge in [0.05, 0.1) is 30.5 Å². The van der Waals surface area contributed by atoms with Crippen molar-refractivity contribution in [1.29, 1.82) is 0 Å². The molecule has 110 valence electrons. The summed E-state index contributed by atoms with van der Waals surface area (Å²) < 4.78 is 19.0. The van der Waals surface area contributed by atoms with Crippen molar-refractivity contribution in [3.05, 3.63) is 23.6 Å². The molecule has 5 nitrogen and oxygen atoms in total. The minimum absolute atomic E-state index is 0.0127. The number of ether oxygens (including phenoxy) is 1. The van der Waals surface area contributed by atoms with Gasteiger partial charge in [-0.05, 0) is 19.4 Å². The molecule has 2 unspecified atom stereocenters. The second kappa shape index (κ2) is 6.17. The zero-order valence-corrected chi connectivity index (χ0v) is 12.0. The molecule has 6 heteroatoms. The normalized spacial score (nSPS) is 22.7. The van der Waals surface area contributed by atoms with Crippen LogP contribution in [0, 0.1) is 5.82 Å². The molecule has 0 bridgehead atoms. The first kappa shape index (κ1) is 14.7. The van der Waals surface area contributed by atoms with Crippen LogP contribution in [0.25, 0.3) is 0 Å². The summed E-state index contributed by atoms with van der Waals surface area (Å²) in [5.74, 6) is -0.324. The van der Waals surface area contributed by atoms with Crippen LogP contribution in [0.5, 0.6) is 0 Å². The Bertz CT molecular complexity index is 495. The van der Waals surface area contributed by atoms with E-state index in [0.29, 0.717) is 19.0 Å². The van der Waals surface area contributed by atoms with Crippen molar-refractivity contribution in [3.63, 3.8) is 0 Å². The number of carbonyl (C=O) groups is 1. The number of hydrogen-bond acceptors (Lipinski definition) is 4. The van der Waals surface area contributed by atoms with Crippen molar-refractivity contribution >= 4 is 11.7 Å². The third-order valence-electron chi connectivity index (χ3n) is 3.52. The fraction of sp³-hybridized carbons (Fsp3) is 0.571. The molecule has 1 N–H and O–H groups in total. The first-order chi connectivity index (χ1) is 9.56. The van der Waals surface area contributed by atoms with Crippen LogP contribution in [0.15, 0.2) is 12.3 Å². The number of amides is 1. The number of pyridine rings is 1. The molecular formula is C14H20FN3O2. The first-order valence-corrected chi connectivity index (χ1v) is 6.82. The van der Waals surface area contributed by atoms with Gasteiger partial charge in [0.1, 0.15) is 11.6 Å². The molecule has 0 spiro atoms. The molecular weight excluding hydrogens is 261 g/mol. The van der Waals surface area contributed by atoms with Gasteiger partial charge in [-0.15, -0.1) is 0 Å². The summed E-state index contributed by atoms with van der Waals surface area (Å²) >= 11 is 0. The molecule has 1 aliphatic heterocycles. The van der Waals surface area contributed by atoms with Crippen molar-refractivity contribution in [2.75, 3.05) is 25.5 Å². The number of morpholine rings is 1. The van der Waals surface area contributed by atoms with E-state index in [4.69, 9.17) is 4.74 Å². The predicted molar refractivity (Wildman–Crippen MR) is 74.3 cm³/mol. The van der Waals surface area contributed by atoms with Crippen LogP contribution in [0.3, 0.4) is 0 Å². The van der Waals surface area contributed by atoms with E-state index in [-0.39, 0.29) is 23.6 Å². The van der Waals surface area contributed by atoms with Gasteiger partial charge in [-0.25, -0.2) is 9.37 Å². The molecule has 1 aliphatic rings. The van der Waals surface area contributed by atoms with Gasteiger partial charge in [-0.2, -0.15) is 0 Å². The van der Waals surface area contributed by atoms with Gasteiger partial charge in [-0.1, -0.05) is 6.92 Å². The number of nitrogens with one attached hydrogen (secondary N) is 1. The first-order valence-electron chi connectivity index (χ1n) is 6.82. The summed E-state index contributed by atoms with van der Waals surface area (Å²) in [4.78, 5) is 18.3. The summed E-state index contributed by atoms with van der Waals surface area (Å²) in [5, 5.41) is 2.83. The number of aromatic nitrogens is 1. The maximum atomic E-state index is 13.4. The van der Waals surface area contributed by atoms with E-state index in [0.717, 1.165) is 12.6 Å². The largest absolute Gasteiger partial charge is 0.375 e. The maximum Gasteiger partial charge on any atom is 0.258 e. The Kier molecular flexibility index (Phi) is 4.54. The van der Waals surface area contributed by atoms with Crippen LogP contribution in [-0.2, 0) is 4.74 Å². The molecule has 0 saturated carbocycles. The summed E-state index contributed by atoms with van der Waals surface area (Å²) in [6.45, 7) is 4.96. The fourth-order valence-electron chi connectivity index (χ4n) is 2.39. The summed E-state index contributed by atoms with van der Waals surface area (Å²) in [6, 6.07) is 1.25. The van der Waals surface area contributed by atoms with Gasteiger partial charge in [-0.3, -0.25) is 4.79 Å². The van der Waals surface area contributed by atoms with E-state index in [9.17, 15) is 9.18 Å². The van der Waals surface area contributed by atoms with E-state index >= 15 is 0 Å². The molecule has 1 saturated heterocycles. The zero-order valence-electron chi connectivity index (χ0n) is 12.0. The minimum atomic E-state index is -0.512. The molecule has 0 radical (unpaired) electrons. The van der Waals surface area contributed by atoms with E-state index in [1.807, 2.05) is 13.8 Å². The average molecular weight is 281 g/mol. The molecule has 2 heterocycles. The number of rotatable bonds is 3. The lowest BCUT2D eigenvalue weighted by atomic mass is 10.1. The number of anilines is 1.